The average molecular weight is 654 g/mol. The smallest absolute Gasteiger partial charge is 0.341 e. The molecule has 1 unspecified atom stereocenters. The number of aliphatic hydroxyl groups excluding tert-OH is 1. The van der Waals surface area contributed by atoms with Crippen LogP contribution in [0.4, 0.5) is 0 Å². The van der Waals surface area contributed by atoms with Crippen molar-refractivity contribution in [3.8, 4) is 0 Å². The number of allylic oxidation sites excluding steroid dienone is 2. The Balaban J connectivity index is 3.40. The second-order valence-corrected chi connectivity index (χ2v) is 14.1. The van der Waals surface area contributed by atoms with Crippen molar-refractivity contribution in [1.29, 1.82) is 0 Å². The molecule has 0 amide bonds. The van der Waals surface area contributed by atoms with Crippen LogP contribution in [0.2, 0.25) is 0 Å². The number of rotatable bonds is 35. The van der Waals surface area contributed by atoms with Crippen LogP contribution in [0.5, 0.6) is 0 Å². The van der Waals surface area contributed by atoms with Crippen molar-refractivity contribution in [3.63, 3.8) is 0 Å². The molecule has 0 saturated carbocycles. The van der Waals surface area contributed by atoms with Gasteiger partial charge in [0.2, 0.25) is 14.0 Å². The molecule has 0 aromatic carbocycles. The van der Waals surface area contributed by atoms with Gasteiger partial charge in [0, 0.05) is 12.8 Å². The highest BCUT2D eigenvalue weighted by Gasteiger charge is 2.22. The third-order valence-electron chi connectivity index (χ3n) is 8.48. The van der Waals surface area contributed by atoms with Crippen LogP contribution in [0, 0.1) is 0 Å². The molecule has 0 saturated heterocycles. The molecule has 0 heterocycles. The summed E-state index contributed by atoms with van der Waals surface area (Å²) in [7, 11) is -2.60. The number of aliphatic carboxylic acids is 1. The summed E-state index contributed by atoms with van der Waals surface area (Å²) in [6.45, 7) is 1.51. The molecule has 0 aromatic rings. The molecule has 0 spiro atoms. The van der Waals surface area contributed by atoms with E-state index in [1.165, 1.54) is 109 Å². The highest BCUT2D eigenvalue weighted by Crippen LogP contribution is 2.22. The summed E-state index contributed by atoms with van der Waals surface area (Å²) in [5.41, 5.74) is -0.543. The number of carbonyl (C=O) groups is 3. The van der Waals surface area contributed by atoms with Crippen molar-refractivity contribution < 1.29 is 29.5 Å². The molecule has 2 N–H and O–H groups in total. The maximum Gasteiger partial charge on any atom is 0.341 e. The first-order chi connectivity index (χ1) is 21.9. The predicted molar refractivity (Wildman–Crippen MR) is 187 cm³/mol. The zero-order chi connectivity index (χ0) is 33.2. The van der Waals surface area contributed by atoms with E-state index in [1.54, 1.807) is 0 Å². The van der Waals surface area contributed by atoms with Crippen molar-refractivity contribution in [1.82, 2.24) is 0 Å². The van der Waals surface area contributed by atoms with Crippen LogP contribution in [0.25, 0.3) is 0 Å². The Morgan fingerprint density at radius 1 is 0.600 bits per heavy atom. The van der Waals surface area contributed by atoms with E-state index in [4.69, 9.17) is 10.2 Å². The van der Waals surface area contributed by atoms with Crippen molar-refractivity contribution in [3.05, 3.63) is 12.2 Å². The van der Waals surface area contributed by atoms with Crippen LogP contribution >= 0.6 is 7.94 Å². The van der Waals surface area contributed by atoms with Gasteiger partial charge in [0.25, 0.3) is 0 Å². The van der Waals surface area contributed by atoms with E-state index in [0.717, 1.165) is 64.2 Å². The lowest BCUT2D eigenvalue weighted by Crippen LogP contribution is -2.22. The van der Waals surface area contributed by atoms with Gasteiger partial charge in [-0.05, 0) is 44.9 Å². The van der Waals surface area contributed by atoms with E-state index in [9.17, 15) is 19.3 Å². The summed E-state index contributed by atoms with van der Waals surface area (Å²) < 4.78 is 3.41. The summed E-state index contributed by atoms with van der Waals surface area (Å²) in [6.07, 6.45) is 37.8. The SMILES string of the molecule is CCCCCCCCCCCCCCCC(=O)CCCCCCCC/C=C\CCCCCCCC(=O)[P+]([O-])=N[C@@H](CO)C(=O)O. The second kappa shape index (κ2) is 33.9. The molecule has 0 fully saturated rings. The highest BCUT2D eigenvalue weighted by atomic mass is 31.1. The molecule has 262 valence electrons. The largest absolute Gasteiger partial charge is 0.605 e. The standard InChI is InChI=1S/C37H68NO6P/c1-2-3-4-5-6-7-8-12-15-18-21-24-27-30-34(40)31-28-25-22-19-16-13-10-9-11-14-17-20-23-26-29-32-36(41)45(44)38-35(33-39)37(42)43/h9,11,35,39H,2-8,10,12-33H2,1H3,(H,42,43)/b11-9-/t35-/m0/s1. The fourth-order valence-electron chi connectivity index (χ4n) is 5.51. The van der Waals surface area contributed by atoms with Gasteiger partial charge in [0.05, 0.1) is 13.0 Å². The van der Waals surface area contributed by atoms with Crippen LogP contribution in [0.15, 0.2) is 16.9 Å². The minimum atomic E-state index is -2.60. The molecule has 0 aromatic heterocycles. The number of carbonyl (C=O) groups excluding carboxylic acids is 2. The Morgan fingerprint density at radius 3 is 1.33 bits per heavy atom. The van der Waals surface area contributed by atoms with E-state index in [0.29, 0.717) is 12.2 Å². The molecule has 7 nitrogen and oxygen atoms in total. The number of unbranched alkanes of at least 4 members (excludes halogenated alkanes) is 23. The lowest BCUT2D eigenvalue weighted by Gasteiger charge is -2.04. The fraction of sp³-hybridized carbons (Fsp3) is 0.865. The van der Waals surface area contributed by atoms with Crippen LogP contribution in [-0.4, -0.2) is 40.1 Å². The Bertz CT molecular complexity index is 785. The molecule has 0 rings (SSSR count). The number of hydrogen-bond donors (Lipinski definition) is 2. The predicted octanol–water partition coefficient (Wildman–Crippen LogP) is 10.4. The van der Waals surface area contributed by atoms with E-state index < -0.39 is 32.1 Å². The monoisotopic (exact) mass is 653 g/mol. The van der Waals surface area contributed by atoms with Gasteiger partial charge in [-0.25, -0.2) is 9.59 Å². The number of ketones is 1. The summed E-state index contributed by atoms with van der Waals surface area (Å²) in [6, 6.07) is -1.50. The topological polar surface area (TPSA) is 127 Å². The van der Waals surface area contributed by atoms with Gasteiger partial charge in [-0.2, -0.15) is 0 Å². The maximum absolute atomic E-state index is 12.1. The van der Waals surface area contributed by atoms with Gasteiger partial charge < -0.3 is 15.1 Å². The van der Waals surface area contributed by atoms with Crippen LogP contribution in [0.1, 0.15) is 193 Å². The van der Waals surface area contributed by atoms with Crippen molar-refractivity contribution in [2.45, 2.75) is 199 Å². The van der Waals surface area contributed by atoms with E-state index in [1.807, 2.05) is 0 Å². The van der Waals surface area contributed by atoms with Gasteiger partial charge in [-0.3, -0.25) is 4.79 Å². The minimum Gasteiger partial charge on any atom is -0.605 e. The second-order valence-electron chi connectivity index (χ2n) is 12.8. The summed E-state index contributed by atoms with van der Waals surface area (Å²) >= 11 is 0. The van der Waals surface area contributed by atoms with Gasteiger partial charge >= 0.3 is 11.5 Å². The summed E-state index contributed by atoms with van der Waals surface area (Å²) in [5, 5.41) is 17.7. The van der Waals surface area contributed by atoms with Crippen molar-refractivity contribution in [2.75, 3.05) is 6.61 Å². The Morgan fingerprint density at radius 2 is 0.956 bits per heavy atom. The normalized spacial score (nSPS) is 12.6. The van der Waals surface area contributed by atoms with Gasteiger partial charge in [0.1, 0.15) is 5.78 Å². The number of nitrogens with zero attached hydrogens (tertiary/aromatic N) is 1. The lowest BCUT2D eigenvalue weighted by atomic mass is 10.0. The minimum absolute atomic E-state index is 0.133. The fourth-order valence-corrected chi connectivity index (χ4v) is 6.41. The summed E-state index contributed by atoms with van der Waals surface area (Å²) in [5.74, 6) is -0.913. The number of hydrogen-bond acceptors (Lipinski definition) is 6. The van der Waals surface area contributed by atoms with Crippen LogP contribution < -0.4 is 4.89 Å². The molecule has 2 atom stereocenters. The van der Waals surface area contributed by atoms with Gasteiger partial charge in [-0.1, -0.05) is 146 Å². The molecule has 0 aliphatic heterocycles. The number of carboxylic acids is 1. The van der Waals surface area contributed by atoms with Crippen molar-refractivity contribution in [2.24, 2.45) is 4.74 Å². The van der Waals surface area contributed by atoms with E-state index >= 15 is 0 Å². The molecule has 0 aliphatic rings. The van der Waals surface area contributed by atoms with Crippen molar-refractivity contribution >= 4 is 25.2 Å². The number of aliphatic hydroxyl groups is 1. The Kier molecular flexibility index (Phi) is 32.8. The molecular formula is C37H68NO6P. The lowest BCUT2D eigenvalue weighted by molar-refractivity contribution is -0.162. The molecular weight excluding hydrogens is 585 g/mol. The molecule has 0 bridgehead atoms. The summed E-state index contributed by atoms with van der Waals surface area (Å²) in [4.78, 5) is 46.5. The average Bonchev–Trinajstić information content (AvgIpc) is 3.03. The molecule has 45 heavy (non-hydrogen) atoms. The first-order valence-corrected chi connectivity index (χ1v) is 19.8. The Labute approximate surface area is 277 Å². The van der Waals surface area contributed by atoms with Crippen LogP contribution in [-0.2, 0) is 14.4 Å². The first-order valence-electron chi connectivity index (χ1n) is 18.6. The molecule has 8 heteroatoms. The first kappa shape index (κ1) is 43.6. The third kappa shape index (κ3) is 31.0. The molecule has 0 radical (unpaired) electrons. The zero-order valence-corrected chi connectivity index (χ0v) is 29.8. The third-order valence-corrected chi connectivity index (χ3v) is 9.62. The maximum atomic E-state index is 12.1. The van der Waals surface area contributed by atoms with E-state index in [2.05, 4.69) is 23.8 Å². The number of carboxylic acid groups (broad SMARTS) is 1. The van der Waals surface area contributed by atoms with Crippen LogP contribution in [0.3, 0.4) is 0 Å². The van der Waals surface area contributed by atoms with E-state index in [-0.39, 0.29) is 6.42 Å². The molecule has 0 aliphatic carbocycles. The highest BCUT2D eigenvalue weighted by molar-refractivity contribution is 7.59. The Hall–Kier alpha value is -1.43. The number of Topliss-reactive ketones (excluding diaryl/α,β-unsaturated/α-hetero) is 1. The zero-order valence-electron chi connectivity index (χ0n) is 28.9. The van der Waals surface area contributed by atoms with Gasteiger partial charge in [-0.15, -0.1) is 0 Å². The quantitative estimate of drug-likeness (QED) is 0.0398. The van der Waals surface area contributed by atoms with Gasteiger partial charge in [0.15, 0.2) is 0 Å².